The molecule has 1 heterocycles. The van der Waals surface area contributed by atoms with Crippen LogP contribution in [0.5, 0.6) is 0 Å². The summed E-state index contributed by atoms with van der Waals surface area (Å²) in [5, 5.41) is 7.12. The van der Waals surface area contributed by atoms with Gasteiger partial charge in [-0.1, -0.05) is 0 Å². The lowest BCUT2D eigenvalue weighted by molar-refractivity contribution is -0.192. The Kier molecular flexibility index (Phi) is 4.92. The van der Waals surface area contributed by atoms with Crippen molar-refractivity contribution >= 4 is 5.97 Å². The molecule has 0 saturated carbocycles. The Morgan fingerprint density at radius 3 is 1.82 bits per heavy atom. The highest BCUT2D eigenvalue weighted by Crippen LogP contribution is 2.27. The van der Waals surface area contributed by atoms with E-state index in [0.717, 1.165) is 12.3 Å². The second-order valence-electron chi connectivity index (χ2n) is 2.54. The maximum atomic E-state index is 11.7. The molecule has 0 atom stereocenters. The lowest BCUT2D eigenvalue weighted by Gasteiger charge is -2.03. The first-order valence-corrected chi connectivity index (χ1v) is 3.82. The smallest absolute Gasteiger partial charge is 0.475 e. The van der Waals surface area contributed by atoms with Gasteiger partial charge in [0.1, 0.15) is 0 Å². The summed E-state index contributed by atoms with van der Waals surface area (Å²) >= 11 is 0. The molecule has 0 aliphatic rings. The molecule has 0 radical (unpaired) electrons. The average molecular weight is 261 g/mol. The van der Waals surface area contributed by atoms with Gasteiger partial charge < -0.3 is 5.11 Å². The van der Waals surface area contributed by atoms with E-state index < -0.39 is 23.9 Å². The van der Waals surface area contributed by atoms with E-state index in [9.17, 15) is 26.3 Å². The number of nitrogens with zero attached hydrogens (tertiary/aromatic N) is 1. The lowest BCUT2D eigenvalue weighted by Crippen LogP contribution is -2.21. The van der Waals surface area contributed by atoms with E-state index in [4.69, 9.17) is 9.90 Å². The second kappa shape index (κ2) is 5.51. The van der Waals surface area contributed by atoms with Gasteiger partial charge in [-0.3, -0.25) is 4.98 Å². The fourth-order valence-corrected chi connectivity index (χ4v) is 0.530. The van der Waals surface area contributed by atoms with Crippen molar-refractivity contribution in [3.05, 3.63) is 30.1 Å². The number of carboxylic acids is 1. The summed E-state index contributed by atoms with van der Waals surface area (Å²) in [6, 6.07) is 2.23. The van der Waals surface area contributed by atoms with Crippen molar-refractivity contribution < 1.29 is 36.2 Å². The fraction of sp³-hybridized carbons (Fsp3) is 0.250. The molecule has 17 heavy (non-hydrogen) atoms. The van der Waals surface area contributed by atoms with Gasteiger partial charge >= 0.3 is 18.3 Å². The van der Waals surface area contributed by atoms with Crippen molar-refractivity contribution in [1.29, 1.82) is 0 Å². The number of carbonyl (C=O) groups is 1. The zero-order valence-corrected chi connectivity index (χ0v) is 7.88. The molecule has 0 bridgehead atoms. The largest absolute Gasteiger partial charge is 0.490 e. The number of aromatic nitrogens is 1. The molecule has 1 N–H and O–H groups in total. The Hall–Kier alpha value is -1.80. The van der Waals surface area contributed by atoms with E-state index in [2.05, 4.69) is 4.98 Å². The summed E-state index contributed by atoms with van der Waals surface area (Å²) in [5.41, 5.74) is -0.713. The highest BCUT2D eigenvalue weighted by Gasteiger charge is 2.38. The van der Waals surface area contributed by atoms with Crippen LogP contribution in [0.3, 0.4) is 0 Å². The Labute approximate surface area is 90.7 Å². The molecular weight excluding hydrogens is 256 g/mol. The molecule has 3 nitrogen and oxygen atoms in total. The number of pyridine rings is 1. The molecule has 0 saturated heterocycles. The third-order valence-electron chi connectivity index (χ3n) is 1.23. The Balaban J connectivity index is 0.000000325. The molecule has 1 rings (SSSR count). The van der Waals surface area contributed by atoms with Crippen LogP contribution in [0, 0.1) is 0 Å². The van der Waals surface area contributed by atoms with Gasteiger partial charge in [-0.05, 0) is 12.1 Å². The van der Waals surface area contributed by atoms with Gasteiger partial charge in [0.05, 0.1) is 5.56 Å². The van der Waals surface area contributed by atoms with Crippen LogP contribution >= 0.6 is 0 Å². The lowest BCUT2D eigenvalue weighted by atomic mass is 10.3. The Morgan fingerprint density at radius 1 is 1.18 bits per heavy atom. The van der Waals surface area contributed by atoms with Crippen LogP contribution in [0.25, 0.3) is 0 Å². The molecule has 1 aromatic rings. The summed E-state index contributed by atoms with van der Waals surface area (Å²) in [6.45, 7) is 0. The van der Waals surface area contributed by atoms with Crippen LogP contribution in [-0.4, -0.2) is 22.2 Å². The van der Waals surface area contributed by atoms with Gasteiger partial charge in [-0.15, -0.1) is 0 Å². The highest BCUT2D eigenvalue weighted by molar-refractivity contribution is 5.73. The number of halogens is 6. The van der Waals surface area contributed by atoms with Gasteiger partial charge in [0.25, 0.3) is 0 Å². The van der Waals surface area contributed by atoms with Gasteiger partial charge in [-0.25, -0.2) is 4.79 Å². The van der Waals surface area contributed by atoms with Gasteiger partial charge in [0.15, 0.2) is 0 Å². The number of alkyl halides is 6. The zero-order chi connectivity index (χ0) is 13.7. The SMILES string of the molecule is FC(F)(F)c1cccnc1.O=C(O)C(F)(F)F. The average Bonchev–Trinajstić information content (AvgIpc) is 2.17. The molecule has 1 aromatic heterocycles. The maximum absolute atomic E-state index is 11.7. The molecule has 0 unspecified atom stereocenters. The molecule has 0 amide bonds. The Bertz CT molecular complexity index is 359. The standard InChI is InChI=1S/C6H4F3N.C2HF3O2/c7-6(8,9)5-2-1-3-10-4-5;3-2(4,5)1(6)7/h1-4H;(H,6,7). The molecular formula is C8H5F6NO2. The number of hydrogen-bond donors (Lipinski definition) is 1. The topological polar surface area (TPSA) is 50.2 Å². The summed E-state index contributed by atoms with van der Waals surface area (Å²) in [6.07, 6.45) is -7.26. The number of carboxylic acid groups (broad SMARTS) is 1. The van der Waals surface area contributed by atoms with Crippen LogP contribution < -0.4 is 0 Å². The van der Waals surface area contributed by atoms with Gasteiger partial charge in [0.2, 0.25) is 0 Å². The van der Waals surface area contributed by atoms with Crippen LogP contribution in [0.2, 0.25) is 0 Å². The van der Waals surface area contributed by atoms with Gasteiger partial charge in [0, 0.05) is 12.4 Å². The predicted octanol–water partition coefficient (Wildman–Crippen LogP) is 2.73. The second-order valence-corrected chi connectivity index (χ2v) is 2.54. The van der Waals surface area contributed by atoms with Crippen LogP contribution in [0.1, 0.15) is 5.56 Å². The van der Waals surface area contributed by atoms with E-state index in [1.165, 1.54) is 12.3 Å². The van der Waals surface area contributed by atoms with E-state index >= 15 is 0 Å². The molecule has 96 valence electrons. The van der Waals surface area contributed by atoms with Crippen molar-refractivity contribution in [1.82, 2.24) is 4.98 Å². The zero-order valence-electron chi connectivity index (χ0n) is 7.88. The van der Waals surface area contributed by atoms with E-state index in [1.807, 2.05) is 0 Å². The number of rotatable bonds is 0. The number of hydrogen-bond acceptors (Lipinski definition) is 2. The van der Waals surface area contributed by atoms with Crippen molar-refractivity contribution in [3.63, 3.8) is 0 Å². The fourth-order valence-electron chi connectivity index (χ4n) is 0.530. The summed E-state index contributed by atoms with van der Waals surface area (Å²) < 4.78 is 67.0. The number of aliphatic carboxylic acids is 1. The third-order valence-corrected chi connectivity index (χ3v) is 1.23. The van der Waals surface area contributed by atoms with Crippen molar-refractivity contribution in [3.8, 4) is 0 Å². The van der Waals surface area contributed by atoms with Gasteiger partial charge in [-0.2, -0.15) is 26.3 Å². The summed E-state index contributed by atoms with van der Waals surface area (Å²) in [7, 11) is 0. The van der Waals surface area contributed by atoms with Crippen LogP contribution in [0.4, 0.5) is 26.3 Å². The van der Waals surface area contributed by atoms with E-state index in [1.54, 1.807) is 0 Å². The first-order chi connectivity index (χ1) is 7.55. The normalized spacial score (nSPS) is 11.4. The highest BCUT2D eigenvalue weighted by atomic mass is 19.4. The van der Waals surface area contributed by atoms with Crippen molar-refractivity contribution in [2.24, 2.45) is 0 Å². The van der Waals surface area contributed by atoms with Crippen LogP contribution in [0.15, 0.2) is 24.5 Å². The monoisotopic (exact) mass is 261 g/mol. The molecule has 0 fully saturated rings. The first kappa shape index (κ1) is 15.2. The molecule has 0 aliphatic carbocycles. The van der Waals surface area contributed by atoms with E-state index in [0.29, 0.717) is 0 Å². The molecule has 0 spiro atoms. The minimum atomic E-state index is -5.08. The minimum absolute atomic E-state index is 0.713. The third kappa shape index (κ3) is 6.38. The quantitative estimate of drug-likeness (QED) is 0.730. The Morgan fingerprint density at radius 2 is 1.65 bits per heavy atom. The van der Waals surface area contributed by atoms with E-state index in [-0.39, 0.29) is 0 Å². The summed E-state index contributed by atoms with van der Waals surface area (Å²) in [4.78, 5) is 12.2. The van der Waals surface area contributed by atoms with Crippen LogP contribution in [-0.2, 0) is 11.0 Å². The minimum Gasteiger partial charge on any atom is -0.475 e. The first-order valence-electron chi connectivity index (χ1n) is 3.82. The maximum Gasteiger partial charge on any atom is 0.490 e. The van der Waals surface area contributed by atoms with Crippen molar-refractivity contribution in [2.75, 3.05) is 0 Å². The molecule has 0 aliphatic heterocycles. The predicted molar refractivity (Wildman–Crippen MR) is 42.9 cm³/mol. The molecule has 0 aromatic carbocycles. The summed E-state index contributed by atoms with van der Waals surface area (Å²) in [5.74, 6) is -2.76. The van der Waals surface area contributed by atoms with Crippen molar-refractivity contribution in [2.45, 2.75) is 12.4 Å². The molecule has 9 heteroatoms.